The highest BCUT2D eigenvalue weighted by molar-refractivity contribution is 6.13. The van der Waals surface area contributed by atoms with Crippen LogP contribution in [-0.4, -0.2) is 63.1 Å². The maximum absolute atomic E-state index is 14.3. The Bertz CT molecular complexity index is 1210. The van der Waals surface area contributed by atoms with Crippen LogP contribution in [0.5, 0.6) is 11.5 Å². The van der Waals surface area contributed by atoms with Crippen molar-refractivity contribution in [3.8, 4) is 11.5 Å². The van der Waals surface area contributed by atoms with Gasteiger partial charge in [-0.15, -0.1) is 0 Å². The number of amides is 2. The molecule has 1 aliphatic heterocycles. The van der Waals surface area contributed by atoms with Crippen LogP contribution in [0.25, 0.3) is 0 Å². The Balaban J connectivity index is 2.18. The van der Waals surface area contributed by atoms with Crippen molar-refractivity contribution in [3.63, 3.8) is 0 Å². The molecule has 0 aliphatic carbocycles. The van der Waals surface area contributed by atoms with Gasteiger partial charge in [-0.2, -0.15) is 0 Å². The van der Waals surface area contributed by atoms with Crippen molar-refractivity contribution >= 4 is 23.5 Å². The van der Waals surface area contributed by atoms with Gasteiger partial charge in [0, 0.05) is 31.6 Å². The van der Waals surface area contributed by atoms with Crippen LogP contribution in [0.4, 0.5) is 5.69 Å². The number of carbonyl (C=O) groups is 3. The van der Waals surface area contributed by atoms with E-state index in [1.807, 2.05) is 19.9 Å². The number of methoxy groups -OCH3 is 2. The molecule has 0 saturated carbocycles. The SMILES string of the molecule is COC(=O)C1(CC(C)C)Cc2c(OCC(=O)N(C)C)cccc2N1C(=O)c1ccc(C(C)(C)C)c(OC)c1. The Morgan fingerprint density at radius 1 is 1.05 bits per heavy atom. The lowest BCUT2D eigenvalue weighted by atomic mass is 9.84. The van der Waals surface area contributed by atoms with Crippen molar-refractivity contribution < 1.29 is 28.6 Å². The number of anilines is 1. The van der Waals surface area contributed by atoms with Crippen LogP contribution in [0.2, 0.25) is 0 Å². The van der Waals surface area contributed by atoms with Gasteiger partial charge in [0.15, 0.2) is 6.61 Å². The summed E-state index contributed by atoms with van der Waals surface area (Å²) >= 11 is 0. The summed E-state index contributed by atoms with van der Waals surface area (Å²) in [6.45, 7) is 10.1. The Morgan fingerprint density at radius 3 is 2.29 bits per heavy atom. The molecule has 0 radical (unpaired) electrons. The summed E-state index contributed by atoms with van der Waals surface area (Å²) in [5.74, 6) is 0.122. The highest BCUT2D eigenvalue weighted by Gasteiger charge is 2.54. The van der Waals surface area contributed by atoms with Crippen molar-refractivity contribution in [3.05, 3.63) is 53.1 Å². The zero-order chi connectivity index (χ0) is 28.4. The molecule has 0 spiro atoms. The Labute approximate surface area is 225 Å². The second-order valence-electron chi connectivity index (χ2n) is 11.4. The van der Waals surface area contributed by atoms with Crippen LogP contribution in [0.1, 0.15) is 62.5 Å². The number of benzene rings is 2. The minimum atomic E-state index is -1.27. The summed E-state index contributed by atoms with van der Waals surface area (Å²) in [4.78, 5) is 43.0. The first kappa shape index (κ1) is 29.0. The smallest absolute Gasteiger partial charge is 0.332 e. The van der Waals surface area contributed by atoms with Gasteiger partial charge in [0.25, 0.3) is 11.8 Å². The topological polar surface area (TPSA) is 85.4 Å². The summed E-state index contributed by atoms with van der Waals surface area (Å²) in [7, 11) is 6.24. The Kier molecular flexibility index (Phi) is 8.44. The molecule has 3 rings (SSSR count). The molecule has 0 N–H and O–H groups in total. The van der Waals surface area contributed by atoms with E-state index in [9.17, 15) is 14.4 Å². The van der Waals surface area contributed by atoms with Crippen molar-refractivity contribution in [1.82, 2.24) is 4.90 Å². The first-order chi connectivity index (χ1) is 17.8. The number of hydrogen-bond acceptors (Lipinski definition) is 6. The molecular formula is C30H40N2O6. The molecule has 8 heteroatoms. The first-order valence-corrected chi connectivity index (χ1v) is 12.8. The molecule has 1 heterocycles. The summed E-state index contributed by atoms with van der Waals surface area (Å²) in [6, 6.07) is 10.7. The molecule has 2 amide bonds. The third-order valence-electron chi connectivity index (χ3n) is 6.87. The predicted octanol–water partition coefficient (Wildman–Crippen LogP) is 4.62. The van der Waals surface area contributed by atoms with Crippen molar-refractivity contribution in [1.29, 1.82) is 0 Å². The van der Waals surface area contributed by atoms with Crippen molar-refractivity contribution in [2.24, 2.45) is 5.92 Å². The second kappa shape index (κ2) is 11.1. The average Bonchev–Trinajstić information content (AvgIpc) is 3.19. The lowest BCUT2D eigenvalue weighted by Crippen LogP contribution is -2.57. The zero-order valence-electron chi connectivity index (χ0n) is 24.0. The molecule has 0 fully saturated rings. The fourth-order valence-corrected chi connectivity index (χ4v) is 5.10. The van der Waals surface area contributed by atoms with E-state index >= 15 is 0 Å². The second-order valence-corrected chi connectivity index (χ2v) is 11.4. The van der Waals surface area contributed by atoms with Crippen molar-refractivity contribution in [2.75, 3.05) is 39.8 Å². The van der Waals surface area contributed by atoms with Crippen LogP contribution in [0.3, 0.4) is 0 Å². The third-order valence-corrected chi connectivity index (χ3v) is 6.87. The molecule has 0 saturated heterocycles. The highest BCUT2D eigenvalue weighted by Crippen LogP contribution is 2.47. The number of ether oxygens (including phenoxy) is 3. The number of likely N-dealkylation sites (N-methyl/N-ethyl adjacent to an activating group) is 1. The van der Waals surface area contributed by atoms with Crippen LogP contribution in [-0.2, 0) is 26.2 Å². The summed E-state index contributed by atoms with van der Waals surface area (Å²) in [5.41, 5.74) is 1.17. The van der Waals surface area contributed by atoms with Gasteiger partial charge in [-0.05, 0) is 47.6 Å². The summed E-state index contributed by atoms with van der Waals surface area (Å²) < 4.78 is 16.9. The minimum absolute atomic E-state index is 0.0798. The molecule has 2 aromatic carbocycles. The van der Waals surface area contributed by atoms with Gasteiger partial charge in [-0.3, -0.25) is 14.5 Å². The van der Waals surface area contributed by atoms with Gasteiger partial charge < -0.3 is 19.1 Å². The molecule has 0 bridgehead atoms. The van der Waals surface area contributed by atoms with E-state index in [2.05, 4.69) is 20.8 Å². The first-order valence-electron chi connectivity index (χ1n) is 12.8. The van der Waals surface area contributed by atoms with Crippen LogP contribution < -0.4 is 14.4 Å². The lowest BCUT2D eigenvalue weighted by Gasteiger charge is -2.37. The van der Waals surface area contributed by atoms with E-state index in [1.54, 1.807) is 56.4 Å². The molecule has 8 nitrogen and oxygen atoms in total. The zero-order valence-corrected chi connectivity index (χ0v) is 24.0. The van der Waals surface area contributed by atoms with Gasteiger partial charge in [-0.25, -0.2) is 4.79 Å². The largest absolute Gasteiger partial charge is 0.496 e. The van der Waals surface area contributed by atoms with E-state index < -0.39 is 11.5 Å². The quantitative estimate of drug-likeness (QED) is 0.469. The summed E-state index contributed by atoms with van der Waals surface area (Å²) in [5, 5.41) is 0. The predicted molar refractivity (Wildman–Crippen MR) is 147 cm³/mol. The normalized spacial score (nSPS) is 16.7. The maximum Gasteiger partial charge on any atom is 0.332 e. The molecule has 0 aromatic heterocycles. The number of nitrogens with zero attached hydrogens (tertiary/aromatic N) is 2. The van der Waals surface area contributed by atoms with Crippen LogP contribution in [0, 0.1) is 5.92 Å². The van der Waals surface area contributed by atoms with Crippen LogP contribution in [0.15, 0.2) is 36.4 Å². The van der Waals surface area contributed by atoms with E-state index in [0.717, 1.165) is 5.56 Å². The molecule has 38 heavy (non-hydrogen) atoms. The fraction of sp³-hybridized carbons (Fsp3) is 0.500. The monoisotopic (exact) mass is 524 g/mol. The number of hydrogen-bond donors (Lipinski definition) is 0. The minimum Gasteiger partial charge on any atom is -0.496 e. The van der Waals surface area contributed by atoms with Gasteiger partial charge in [-0.1, -0.05) is 46.8 Å². The third kappa shape index (κ3) is 5.49. The molecule has 1 atom stereocenters. The van der Waals surface area contributed by atoms with Gasteiger partial charge in [0.1, 0.15) is 17.0 Å². The van der Waals surface area contributed by atoms with Crippen molar-refractivity contribution in [2.45, 2.75) is 58.4 Å². The lowest BCUT2D eigenvalue weighted by molar-refractivity contribution is -0.147. The standard InChI is InChI=1S/C30H40N2O6/c1-19(2)16-30(28(35)37-9)17-21-23(11-10-12-24(21)38-18-26(33)31(6)7)32(30)27(34)20-13-14-22(29(3,4)5)25(15-20)36-8/h10-15,19H,16-18H2,1-9H3. The van der Waals surface area contributed by atoms with E-state index in [1.165, 1.54) is 12.0 Å². The number of rotatable bonds is 8. The van der Waals surface area contributed by atoms with E-state index in [-0.39, 0.29) is 36.2 Å². The molecule has 1 unspecified atom stereocenters. The number of esters is 1. The maximum atomic E-state index is 14.3. The number of fused-ring (bicyclic) bond motifs is 1. The van der Waals surface area contributed by atoms with Gasteiger partial charge >= 0.3 is 5.97 Å². The number of carbonyl (C=O) groups excluding carboxylic acids is 3. The molecule has 206 valence electrons. The van der Waals surface area contributed by atoms with Gasteiger partial charge in [0.05, 0.1) is 19.9 Å². The molecule has 1 aliphatic rings. The fourth-order valence-electron chi connectivity index (χ4n) is 5.10. The molecule has 2 aromatic rings. The highest BCUT2D eigenvalue weighted by atomic mass is 16.5. The van der Waals surface area contributed by atoms with E-state index in [0.29, 0.717) is 34.7 Å². The van der Waals surface area contributed by atoms with Gasteiger partial charge in [0.2, 0.25) is 0 Å². The Morgan fingerprint density at radius 2 is 1.74 bits per heavy atom. The van der Waals surface area contributed by atoms with Crippen LogP contribution >= 0.6 is 0 Å². The Hall–Kier alpha value is -3.55. The average molecular weight is 525 g/mol. The van der Waals surface area contributed by atoms with E-state index in [4.69, 9.17) is 14.2 Å². The summed E-state index contributed by atoms with van der Waals surface area (Å²) in [6.07, 6.45) is 0.593. The molecular weight excluding hydrogens is 484 g/mol.